The molecule has 0 N–H and O–H groups in total. The highest BCUT2D eigenvalue weighted by molar-refractivity contribution is 9.10. The van der Waals surface area contributed by atoms with Crippen molar-refractivity contribution in [3.05, 3.63) is 52.5 Å². The average molecular weight is 391 g/mol. The summed E-state index contributed by atoms with van der Waals surface area (Å²) in [5.41, 5.74) is -1.81. The fourth-order valence-electron chi connectivity index (χ4n) is 2.15. The van der Waals surface area contributed by atoms with Crippen LogP contribution in [0.2, 0.25) is 0 Å². The van der Waals surface area contributed by atoms with Crippen molar-refractivity contribution >= 4 is 37.7 Å². The smallest absolute Gasteiger partial charge is 0.285 e. The van der Waals surface area contributed by atoms with Gasteiger partial charge in [0.05, 0.1) is 0 Å². The van der Waals surface area contributed by atoms with Gasteiger partial charge in [-0.05, 0) is 36.6 Å². The standard InChI is InChI=1S/C16H14BrF3OS/c1-2-3-4-9-15(16(18,19)20)10-13(22-14(15)21)11-5-7-12(17)8-6-11/h3-8,10H,2,9H2,1H3. The summed E-state index contributed by atoms with van der Waals surface area (Å²) in [5.74, 6) is 0. The van der Waals surface area contributed by atoms with E-state index in [-0.39, 0.29) is 6.42 Å². The van der Waals surface area contributed by atoms with Crippen molar-refractivity contribution in [2.24, 2.45) is 5.41 Å². The van der Waals surface area contributed by atoms with Crippen molar-refractivity contribution in [2.75, 3.05) is 0 Å². The van der Waals surface area contributed by atoms with E-state index < -0.39 is 16.7 Å². The van der Waals surface area contributed by atoms with Crippen LogP contribution < -0.4 is 0 Å². The Labute approximate surface area is 139 Å². The Kier molecular flexibility index (Phi) is 5.22. The molecular weight excluding hydrogens is 377 g/mol. The number of hydrogen-bond acceptors (Lipinski definition) is 2. The highest BCUT2D eigenvalue weighted by Crippen LogP contribution is 2.55. The van der Waals surface area contributed by atoms with Gasteiger partial charge >= 0.3 is 6.18 Å². The first kappa shape index (κ1) is 17.3. The Morgan fingerprint density at radius 2 is 1.86 bits per heavy atom. The van der Waals surface area contributed by atoms with E-state index in [4.69, 9.17) is 0 Å². The fourth-order valence-corrected chi connectivity index (χ4v) is 3.57. The molecule has 0 amide bonds. The summed E-state index contributed by atoms with van der Waals surface area (Å²) in [4.78, 5) is 12.5. The van der Waals surface area contributed by atoms with Crippen molar-refractivity contribution in [1.29, 1.82) is 0 Å². The van der Waals surface area contributed by atoms with Crippen molar-refractivity contribution in [3.63, 3.8) is 0 Å². The summed E-state index contributed by atoms with van der Waals surface area (Å²) in [6, 6.07) is 6.88. The van der Waals surface area contributed by atoms with Gasteiger partial charge in [0.2, 0.25) is 5.12 Å². The first-order valence-electron chi connectivity index (χ1n) is 6.73. The summed E-state index contributed by atoms with van der Waals surface area (Å²) >= 11 is 3.95. The molecule has 1 aromatic rings. The Morgan fingerprint density at radius 1 is 1.23 bits per heavy atom. The van der Waals surface area contributed by atoms with E-state index in [0.29, 0.717) is 28.7 Å². The molecule has 6 heteroatoms. The Morgan fingerprint density at radius 3 is 2.41 bits per heavy atom. The maximum absolute atomic E-state index is 13.5. The summed E-state index contributed by atoms with van der Waals surface area (Å²) in [7, 11) is 0. The van der Waals surface area contributed by atoms with E-state index in [0.717, 1.165) is 10.5 Å². The lowest BCUT2D eigenvalue weighted by Crippen LogP contribution is -2.39. The normalized spacial score (nSPS) is 22.4. The lowest BCUT2D eigenvalue weighted by molar-refractivity contribution is -0.199. The van der Waals surface area contributed by atoms with Crippen LogP contribution in [-0.2, 0) is 4.79 Å². The monoisotopic (exact) mass is 390 g/mol. The summed E-state index contributed by atoms with van der Waals surface area (Å²) in [5, 5.41) is -0.862. The zero-order valence-electron chi connectivity index (χ0n) is 11.8. The number of hydrogen-bond donors (Lipinski definition) is 0. The number of rotatable bonds is 4. The zero-order valence-corrected chi connectivity index (χ0v) is 14.2. The molecule has 2 rings (SSSR count). The molecule has 1 atom stereocenters. The van der Waals surface area contributed by atoms with Gasteiger partial charge in [-0.2, -0.15) is 13.2 Å². The van der Waals surface area contributed by atoms with Crippen LogP contribution in [0.25, 0.3) is 4.91 Å². The quantitative estimate of drug-likeness (QED) is 0.589. The molecule has 1 aliphatic rings. The molecule has 0 bridgehead atoms. The molecule has 118 valence electrons. The van der Waals surface area contributed by atoms with Crippen LogP contribution in [-0.4, -0.2) is 11.3 Å². The van der Waals surface area contributed by atoms with Gasteiger partial charge < -0.3 is 0 Å². The lowest BCUT2D eigenvalue weighted by Gasteiger charge is -2.26. The second-order valence-electron chi connectivity index (χ2n) is 4.96. The maximum Gasteiger partial charge on any atom is 0.405 e. The van der Waals surface area contributed by atoms with E-state index in [1.807, 2.05) is 6.92 Å². The van der Waals surface area contributed by atoms with Gasteiger partial charge in [0.25, 0.3) is 0 Å². The molecule has 22 heavy (non-hydrogen) atoms. The second kappa shape index (κ2) is 6.62. The molecule has 0 fully saturated rings. The molecule has 1 unspecified atom stereocenters. The minimum absolute atomic E-state index is 0.351. The van der Waals surface area contributed by atoms with Crippen LogP contribution in [0.1, 0.15) is 25.3 Å². The minimum atomic E-state index is -4.60. The molecule has 0 aromatic heterocycles. The van der Waals surface area contributed by atoms with Crippen LogP contribution in [0, 0.1) is 5.41 Å². The number of halogens is 4. The van der Waals surface area contributed by atoms with Crippen LogP contribution in [0.3, 0.4) is 0 Å². The van der Waals surface area contributed by atoms with E-state index >= 15 is 0 Å². The van der Waals surface area contributed by atoms with Gasteiger partial charge in [0.1, 0.15) is 0 Å². The predicted octanol–water partition coefficient (Wildman–Crippen LogP) is 5.97. The van der Waals surface area contributed by atoms with Crippen molar-refractivity contribution < 1.29 is 18.0 Å². The van der Waals surface area contributed by atoms with Crippen LogP contribution in [0.5, 0.6) is 0 Å². The van der Waals surface area contributed by atoms with E-state index in [2.05, 4.69) is 15.9 Å². The minimum Gasteiger partial charge on any atom is -0.285 e. The summed E-state index contributed by atoms with van der Waals surface area (Å²) in [6.07, 6.45) is -0.159. The number of allylic oxidation sites excluding steroid dienone is 3. The van der Waals surface area contributed by atoms with Crippen LogP contribution in [0.4, 0.5) is 13.2 Å². The predicted molar refractivity (Wildman–Crippen MR) is 87.3 cm³/mol. The third-order valence-electron chi connectivity index (χ3n) is 3.42. The highest BCUT2D eigenvalue weighted by Gasteiger charge is 2.60. The molecule has 1 nitrogen and oxygen atoms in total. The third-order valence-corrected chi connectivity index (χ3v) is 5.07. The molecule has 0 spiro atoms. The van der Waals surface area contributed by atoms with Crippen molar-refractivity contribution in [3.8, 4) is 0 Å². The van der Waals surface area contributed by atoms with E-state index in [1.54, 1.807) is 30.3 Å². The molecule has 1 aliphatic heterocycles. The van der Waals surface area contributed by atoms with E-state index in [9.17, 15) is 18.0 Å². The topological polar surface area (TPSA) is 17.1 Å². The van der Waals surface area contributed by atoms with Gasteiger partial charge in [0.15, 0.2) is 5.41 Å². The number of alkyl halides is 3. The molecule has 1 heterocycles. The largest absolute Gasteiger partial charge is 0.405 e. The van der Waals surface area contributed by atoms with Crippen molar-refractivity contribution in [1.82, 2.24) is 0 Å². The first-order chi connectivity index (χ1) is 10.3. The van der Waals surface area contributed by atoms with Gasteiger partial charge in [0, 0.05) is 9.38 Å². The van der Waals surface area contributed by atoms with Crippen LogP contribution >= 0.6 is 27.7 Å². The molecular formula is C16H14BrF3OS. The maximum atomic E-state index is 13.5. The van der Waals surface area contributed by atoms with Gasteiger partial charge in [-0.1, -0.05) is 58.9 Å². The Hall–Kier alpha value is -1.01. The molecule has 0 saturated carbocycles. The molecule has 0 saturated heterocycles. The molecule has 1 aromatic carbocycles. The fraction of sp³-hybridized carbons (Fsp3) is 0.312. The number of thioether (sulfide) groups is 1. The number of carbonyl (C=O) groups excluding carboxylic acids is 1. The van der Waals surface area contributed by atoms with Crippen LogP contribution in [0.15, 0.2) is 47.0 Å². The second-order valence-corrected chi connectivity index (χ2v) is 6.89. The average Bonchev–Trinajstić information content (AvgIpc) is 2.78. The SMILES string of the molecule is CCC=CCC1(C(F)(F)F)C=C(c2ccc(Br)cc2)SC1=O. The van der Waals surface area contributed by atoms with Gasteiger partial charge in [-0.3, -0.25) is 4.79 Å². The number of benzene rings is 1. The van der Waals surface area contributed by atoms with Gasteiger partial charge in [-0.15, -0.1) is 0 Å². The first-order valence-corrected chi connectivity index (χ1v) is 8.34. The Balaban J connectivity index is 2.43. The molecule has 0 aliphatic carbocycles. The molecule has 0 radical (unpaired) electrons. The zero-order chi connectivity index (χ0) is 16.4. The lowest BCUT2D eigenvalue weighted by atomic mass is 9.84. The van der Waals surface area contributed by atoms with Gasteiger partial charge in [-0.25, -0.2) is 0 Å². The third kappa shape index (κ3) is 3.33. The number of carbonyl (C=O) groups is 1. The van der Waals surface area contributed by atoms with E-state index in [1.165, 1.54) is 6.08 Å². The highest BCUT2D eigenvalue weighted by atomic mass is 79.9. The van der Waals surface area contributed by atoms with Crippen molar-refractivity contribution in [2.45, 2.75) is 25.9 Å². The Bertz CT molecular complexity index is 619. The summed E-state index contributed by atoms with van der Waals surface area (Å²) in [6.45, 7) is 1.84. The summed E-state index contributed by atoms with van der Waals surface area (Å²) < 4.78 is 41.4.